The molecule has 6 unspecified atom stereocenters. The predicted molar refractivity (Wildman–Crippen MR) is 157 cm³/mol. The van der Waals surface area contributed by atoms with Gasteiger partial charge < -0.3 is 14.3 Å². The number of unbranched alkanes of at least 4 members (excludes halogenated alkanes) is 1. The number of ether oxygens (including phenoxy) is 1. The Morgan fingerprint density at radius 3 is 2.35 bits per heavy atom. The van der Waals surface area contributed by atoms with Crippen LogP contribution in [-0.4, -0.2) is 34.3 Å². The molecule has 1 aromatic carbocycles. The number of aliphatic carboxylic acids is 1. The van der Waals surface area contributed by atoms with Crippen molar-refractivity contribution in [3.05, 3.63) is 58.7 Å². The first-order valence-electron chi connectivity index (χ1n) is 13.8. The molecule has 0 heterocycles. The van der Waals surface area contributed by atoms with E-state index in [-0.39, 0.29) is 22.3 Å². The standard InChI is InChI=1S/C32H48O4Si/c1-10-11-16-35-26-19-25-24(18-23(26)15-13-12-14-20(2)17-27(33)34)32(9)28(36-37)21(3)22(4)31(25,8)29(32)30(5,6)7/h12-15,17-19,21-22,28-29H,10-11,16H2,1-9,37H3,(H,33,34)/b14-12+,15-13+,20-17+. The second-order valence-corrected chi connectivity index (χ2v) is 13.2. The monoisotopic (exact) mass is 524 g/mol. The van der Waals surface area contributed by atoms with Crippen molar-refractivity contribution in [3.63, 3.8) is 0 Å². The van der Waals surface area contributed by atoms with Gasteiger partial charge in [-0.25, -0.2) is 4.79 Å². The van der Waals surface area contributed by atoms with Crippen LogP contribution in [0.5, 0.6) is 5.75 Å². The zero-order chi connectivity index (χ0) is 27.8. The van der Waals surface area contributed by atoms with Crippen LogP contribution in [0.15, 0.2) is 42.0 Å². The van der Waals surface area contributed by atoms with Crippen molar-refractivity contribution in [3.8, 4) is 5.75 Å². The van der Waals surface area contributed by atoms with Gasteiger partial charge in [-0.3, -0.25) is 0 Å². The SMILES string of the molecule is CCCCOc1cc2c(cc1/C=C/C=C/C(C)=C/C(=O)O)C1(C)C(O[SiH3])C(C)C(C)C2(C)C1C(C)(C)C. The van der Waals surface area contributed by atoms with Crippen molar-refractivity contribution < 1.29 is 19.1 Å². The molecular formula is C32H48O4Si. The molecule has 0 radical (unpaired) electrons. The number of carboxylic acids is 1. The first-order valence-corrected chi connectivity index (χ1v) is 14.7. The summed E-state index contributed by atoms with van der Waals surface area (Å²) in [4.78, 5) is 10.9. The number of carbonyl (C=O) groups is 1. The molecule has 37 heavy (non-hydrogen) atoms. The summed E-state index contributed by atoms with van der Waals surface area (Å²) in [6, 6.07) is 4.70. The van der Waals surface area contributed by atoms with Gasteiger partial charge in [-0.2, -0.15) is 0 Å². The minimum absolute atomic E-state index is 0.0160. The van der Waals surface area contributed by atoms with E-state index in [4.69, 9.17) is 14.3 Å². The van der Waals surface area contributed by atoms with Gasteiger partial charge >= 0.3 is 5.97 Å². The number of rotatable bonds is 9. The quantitative estimate of drug-likeness (QED) is 0.171. The Kier molecular flexibility index (Phi) is 8.70. The summed E-state index contributed by atoms with van der Waals surface area (Å²) in [5.41, 5.74) is 4.61. The number of allylic oxidation sites excluding steroid dienone is 4. The van der Waals surface area contributed by atoms with Gasteiger partial charge in [0.05, 0.1) is 12.7 Å². The highest BCUT2D eigenvalue weighted by atomic mass is 28.2. The third-order valence-electron chi connectivity index (χ3n) is 9.29. The van der Waals surface area contributed by atoms with Gasteiger partial charge in [0.2, 0.25) is 0 Å². The third kappa shape index (κ3) is 5.14. The van der Waals surface area contributed by atoms with Crippen LogP contribution >= 0.6 is 0 Å². The Hall–Kier alpha value is -2.11. The minimum Gasteiger partial charge on any atom is -0.493 e. The summed E-state index contributed by atoms with van der Waals surface area (Å²) in [6.07, 6.45) is 11.3. The summed E-state index contributed by atoms with van der Waals surface area (Å²) >= 11 is 0. The molecule has 2 bridgehead atoms. The van der Waals surface area contributed by atoms with E-state index >= 15 is 0 Å². The summed E-state index contributed by atoms with van der Waals surface area (Å²) in [5, 5.41) is 8.97. The van der Waals surface area contributed by atoms with E-state index < -0.39 is 5.97 Å². The molecule has 4 nitrogen and oxygen atoms in total. The van der Waals surface area contributed by atoms with Crippen LogP contribution in [0.25, 0.3) is 6.08 Å². The summed E-state index contributed by atoms with van der Waals surface area (Å²) in [6.45, 7) is 21.6. The molecule has 3 rings (SSSR count). The maximum Gasteiger partial charge on any atom is 0.328 e. The second kappa shape index (κ2) is 10.9. The van der Waals surface area contributed by atoms with Crippen LogP contribution in [0.4, 0.5) is 0 Å². The highest BCUT2D eigenvalue weighted by Gasteiger charge is 2.69. The largest absolute Gasteiger partial charge is 0.493 e. The van der Waals surface area contributed by atoms with E-state index in [1.54, 1.807) is 6.92 Å². The summed E-state index contributed by atoms with van der Waals surface area (Å²) < 4.78 is 12.9. The number of carboxylic acid groups (broad SMARTS) is 1. The fourth-order valence-corrected chi connectivity index (χ4v) is 8.97. The van der Waals surface area contributed by atoms with Crippen LogP contribution in [0, 0.1) is 23.2 Å². The lowest BCUT2D eigenvalue weighted by Gasteiger charge is -2.60. The van der Waals surface area contributed by atoms with E-state index in [0.717, 1.165) is 24.2 Å². The van der Waals surface area contributed by atoms with Crippen molar-refractivity contribution in [1.82, 2.24) is 0 Å². The van der Waals surface area contributed by atoms with Gasteiger partial charge in [-0.15, -0.1) is 0 Å². The number of fused-ring (bicyclic) bond motifs is 5. The maximum absolute atomic E-state index is 10.9. The Morgan fingerprint density at radius 2 is 1.78 bits per heavy atom. The van der Waals surface area contributed by atoms with Gasteiger partial charge in [0, 0.05) is 22.5 Å². The zero-order valence-electron chi connectivity index (χ0n) is 24.6. The molecule has 2 aliphatic rings. The van der Waals surface area contributed by atoms with Gasteiger partial charge in [0.15, 0.2) is 0 Å². The molecule has 5 heteroatoms. The first kappa shape index (κ1) is 29.4. The normalized spacial score (nSPS) is 31.9. The van der Waals surface area contributed by atoms with Gasteiger partial charge in [0.1, 0.15) is 16.2 Å². The molecule has 0 aliphatic heterocycles. The molecule has 0 saturated heterocycles. The molecule has 1 fully saturated rings. The van der Waals surface area contributed by atoms with Crippen LogP contribution < -0.4 is 4.74 Å². The lowest BCUT2D eigenvalue weighted by Crippen LogP contribution is -2.62. The van der Waals surface area contributed by atoms with Gasteiger partial charge in [-0.05, 0) is 65.3 Å². The zero-order valence-corrected chi connectivity index (χ0v) is 26.6. The van der Waals surface area contributed by atoms with E-state index in [2.05, 4.69) is 73.6 Å². The minimum atomic E-state index is -0.933. The van der Waals surface area contributed by atoms with Gasteiger partial charge in [0.25, 0.3) is 0 Å². The summed E-state index contributed by atoms with van der Waals surface area (Å²) in [5.74, 6) is 1.36. The predicted octanol–water partition coefficient (Wildman–Crippen LogP) is 6.61. The smallest absolute Gasteiger partial charge is 0.328 e. The lowest BCUT2D eigenvalue weighted by molar-refractivity contribution is -0.131. The van der Waals surface area contributed by atoms with Crippen LogP contribution in [0.2, 0.25) is 0 Å². The van der Waals surface area contributed by atoms with E-state index in [9.17, 15) is 4.79 Å². The molecule has 1 N–H and O–H groups in total. The maximum atomic E-state index is 10.9. The van der Waals surface area contributed by atoms with Crippen molar-refractivity contribution in [1.29, 1.82) is 0 Å². The average Bonchev–Trinajstić information content (AvgIpc) is 2.97. The molecule has 0 amide bonds. The third-order valence-corrected chi connectivity index (χ3v) is 9.79. The Labute approximate surface area is 227 Å². The molecule has 6 atom stereocenters. The highest BCUT2D eigenvalue weighted by molar-refractivity contribution is 5.98. The van der Waals surface area contributed by atoms with Crippen LogP contribution in [0.1, 0.15) is 91.8 Å². The van der Waals surface area contributed by atoms with E-state index in [0.29, 0.717) is 40.4 Å². The summed E-state index contributed by atoms with van der Waals surface area (Å²) in [7, 11) is 0.717. The lowest BCUT2D eigenvalue weighted by atomic mass is 9.46. The second-order valence-electron chi connectivity index (χ2n) is 12.8. The number of hydrogen-bond donors (Lipinski definition) is 1. The average molecular weight is 525 g/mol. The molecule has 2 aliphatic carbocycles. The number of hydrogen-bond acceptors (Lipinski definition) is 3. The van der Waals surface area contributed by atoms with E-state index in [1.807, 2.05) is 18.2 Å². The van der Waals surface area contributed by atoms with Gasteiger partial charge in [-0.1, -0.05) is 86.1 Å². The first-order chi connectivity index (χ1) is 17.2. The van der Waals surface area contributed by atoms with Crippen molar-refractivity contribution in [2.24, 2.45) is 23.2 Å². The highest BCUT2D eigenvalue weighted by Crippen LogP contribution is 2.70. The van der Waals surface area contributed by atoms with Crippen molar-refractivity contribution >= 4 is 22.5 Å². The topological polar surface area (TPSA) is 55.8 Å². The van der Waals surface area contributed by atoms with Crippen molar-refractivity contribution in [2.75, 3.05) is 6.61 Å². The number of benzene rings is 1. The molecule has 1 saturated carbocycles. The molecule has 204 valence electrons. The Balaban J connectivity index is 2.21. The molecule has 0 spiro atoms. The molecular weight excluding hydrogens is 476 g/mol. The van der Waals surface area contributed by atoms with Crippen LogP contribution in [-0.2, 0) is 20.1 Å². The fraction of sp³-hybridized carbons (Fsp3) is 0.594. The Bertz CT molecular complexity index is 1090. The fourth-order valence-electron chi connectivity index (χ4n) is 8.05. The Morgan fingerprint density at radius 1 is 1.14 bits per heavy atom. The molecule has 0 aromatic heterocycles. The van der Waals surface area contributed by atoms with Crippen LogP contribution in [0.3, 0.4) is 0 Å². The molecule has 1 aromatic rings. The van der Waals surface area contributed by atoms with E-state index in [1.165, 1.54) is 17.2 Å². The van der Waals surface area contributed by atoms with Crippen molar-refractivity contribution in [2.45, 2.75) is 92.1 Å².